The summed E-state index contributed by atoms with van der Waals surface area (Å²) in [7, 11) is 0. The highest BCUT2D eigenvalue weighted by molar-refractivity contribution is 5.80. The van der Waals surface area contributed by atoms with E-state index in [-0.39, 0.29) is 25.0 Å². The Balaban J connectivity index is 1.20. The SMILES string of the molecule is Cc1ccc(-c2cnc(CCC(=O)OCC(=O)N[C@H](C)c3ccc4c(c3)CCCC4)o2)cc1. The van der Waals surface area contributed by atoms with Crippen LogP contribution in [0.25, 0.3) is 11.3 Å². The van der Waals surface area contributed by atoms with Crippen molar-refractivity contribution in [3.8, 4) is 11.3 Å². The van der Waals surface area contributed by atoms with Gasteiger partial charge in [-0.05, 0) is 56.2 Å². The van der Waals surface area contributed by atoms with Gasteiger partial charge in [0.2, 0.25) is 0 Å². The molecule has 33 heavy (non-hydrogen) atoms. The summed E-state index contributed by atoms with van der Waals surface area (Å²) in [6.07, 6.45) is 6.76. The number of hydrogen-bond acceptors (Lipinski definition) is 5. The van der Waals surface area contributed by atoms with Crippen LogP contribution < -0.4 is 5.32 Å². The third-order valence-electron chi connectivity index (χ3n) is 6.05. The number of amides is 1. The number of benzene rings is 2. The number of nitrogens with zero attached hydrogens (tertiary/aromatic N) is 1. The van der Waals surface area contributed by atoms with Crippen LogP contribution in [0.4, 0.5) is 0 Å². The van der Waals surface area contributed by atoms with Crippen molar-refractivity contribution in [1.29, 1.82) is 0 Å². The van der Waals surface area contributed by atoms with E-state index in [1.54, 1.807) is 6.20 Å². The standard InChI is InChI=1S/C27H30N2O4/c1-18-7-9-21(10-8-18)24-16-28-26(33-24)13-14-27(31)32-17-25(30)29-19(2)22-12-11-20-5-3-4-6-23(20)15-22/h7-12,15-16,19H,3-6,13-14,17H2,1-2H3,(H,29,30)/t19-/m1/s1. The van der Waals surface area contributed by atoms with E-state index in [9.17, 15) is 9.59 Å². The highest BCUT2D eigenvalue weighted by Crippen LogP contribution is 2.25. The molecule has 2 aromatic carbocycles. The van der Waals surface area contributed by atoms with Gasteiger partial charge < -0.3 is 14.5 Å². The molecule has 1 amide bonds. The van der Waals surface area contributed by atoms with Crippen molar-refractivity contribution in [2.45, 2.75) is 58.4 Å². The maximum atomic E-state index is 12.3. The second-order valence-electron chi connectivity index (χ2n) is 8.67. The van der Waals surface area contributed by atoms with Gasteiger partial charge in [-0.15, -0.1) is 0 Å². The number of nitrogens with one attached hydrogen (secondary N) is 1. The van der Waals surface area contributed by atoms with Crippen LogP contribution in [0.2, 0.25) is 0 Å². The Bertz CT molecular complexity index is 1120. The molecule has 6 nitrogen and oxygen atoms in total. The molecule has 4 rings (SSSR count). The molecule has 0 saturated heterocycles. The number of esters is 1. The van der Waals surface area contributed by atoms with E-state index in [1.165, 1.54) is 29.5 Å². The third kappa shape index (κ3) is 6.09. The average molecular weight is 447 g/mol. The first kappa shape index (κ1) is 22.8. The molecule has 1 atom stereocenters. The minimum Gasteiger partial charge on any atom is -0.456 e. The summed E-state index contributed by atoms with van der Waals surface area (Å²) in [6.45, 7) is 3.67. The van der Waals surface area contributed by atoms with Crippen LogP contribution in [0.15, 0.2) is 53.1 Å². The lowest BCUT2D eigenvalue weighted by Gasteiger charge is -2.20. The fourth-order valence-corrected chi connectivity index (χ4v) is 4.09. The average Bonchev–Trinajstić information content (AvgIpc) is 3.30. The summed E-state index contributed by atoms with van der Waals surface area (Å²) in [6, 6.07) is 14.2. The van der Waals surface area contributed by atoms with E-state index in [4.69, 9.17) is 9.15 Å². The van der Waals surface area contributed by atoms with Crippen LogP contribution in [0.1, 0.15) is 60.4 Å². The molecule has 1 aromatic heterocycles. The summed E-state index contributed by atoms with van der Waals surface area (Å²) in [5.74, 6) is 0.356. The Morgan fingerprint density at radius 3 is 2.64 bits per heavy atom. The predicted molar refractivity (Wildman–Crippen MR) is 126 cm³/mol. The van der Waals surface area contributed by atoms with E-state index in [1.807, 2.05) is 38.1 Å². The van der Waals surface area contributed by atoms with E-state index < -0.39 is 5.97 Å². The monoisotopic (exact) mass is 446 g/mol. The van der Waals surface area contributed by atoms with Gasteiger partial charge in [0.25, 0.3) is 5.91 Å². The second-order valence-corrected chi connectivity index (χ2v) is 8.67. The summed E-state index contributed by atoms with van der Waals surface area (Å²) in [4.78, 5) is 28.6. The lowest BCUT2D eigenvalue weighted by atomic mass is 9.89. The molecule has 172 valence electrons. The summed E-state index contributed by atoms with van der Waals surface area (Å²) in [5, 5.41) is 2.91. The first-order chi connectivity index (χ1) is 16.0. The van der Waals surface area contributed by atoms with Gasteiger partial charge in [0.05, 0.1) is 18.7 Å². The second kappa shape index (κ2) is 10.5. The molecule has 3 aromatic rings. The van der Waals surface area contributed by atoms with Crippen molar-refractivity contribution in [3.63, 3.8) is 0 Å². The van der Waals surface area contributed by atoms with Gasteiger partial charge in [-0.1, -0.05) is 48.0 Å². The topological polar surface area (TPSA) is 81.4 Å². The number of hydrogen-bond donors (Lipinski definition) is 1. The van der Waals surface area contributed by atoms with Gasteiger partial charge in [-0.25, -0.2) is 4.98 Å². The van der Waals surface area contributed by atoms with E-state index in [2.05, 4.69) is 28.5 Å². The van der Waals surface area contributed by atoms with Crippen LogP contribution in [0, 0.1) is 6.92 Å². The fraction of sp³-hybridized carbons (Fsp3) is 0.370. The Hall–Kier alpha value is -3.41. The number of oxazole rings is 1. The maximum Gasteiger partial charge on any atom is 0.306 e. The molecule has 1 N–H and O–H groups in total. The molecule has 0 aliphatic heterocycles. The Labute approximate surface area is 194 Å². The molecular formula is C27H30N2O4. The molecule has 0 saturated carbocycles. The number of fused-ring (bicyclic) bond motifs is 1. The molecule has 0 unspecified atom stereocenters. The minimum absolute atomic E-state index is 0.0987. The Morgan fingerprint density at radius 1 is 1.09 bits per heavy atom. The van der Waals surface area contributed by atoms with Crippen LogP contribution in [0.5, 0.6) is 0 Å². The van der Waals surface area contributed by atoms with Crippen molar-refractivity contribution < 1.29 is 18.7 Å². The number of aromatic nitrogens is 1. The quantitative estimate of drug-likeness (QED) is 0.499. The fourth-order valence-electron chi connectivity index (χ4n) is 4.09. The molecule has 6 heteroatoms. The summed E-state index contributed by atoms with van der Waals surface area (Å²) < 4.78 is 10.9. The first-order valence-corrected chi connectivity index (χ1v) is 11.6. The lowest BCUT2D eigenvalue weighted by molar-refractivity contribution is -0.148. The van der Waals surface area contributed by atoms with E-state index in [0.717, 1.165) is 24.0 Å². The van der Waals surface area contributed by atoms with Crippen LogP contribution in [-0.2, 0) is 33.6 Å². The van der Waals surface area contributed by atoms with Crippen LogP contribution in [0.3, 0.4) is 0 Å². The molecule has 0 bridgehead atoms. The van der Waals surface area contributed by atoms with Gasteiger partial charge in [0.15, 0.2) is 18.3 Å². The number of carbonyl (C=O) groups is 2. The number of carbonyl (C=O) groups excluding carboxylic acids is 2. The summed E-state index contributed by atoms with van der Waals surface area (Å²) >= 11 is 0. The minimum atomic E-state index is -0.457. The van der Waals surface area contributed by atoms with Crippen molar-refractivity contribution in [2.75, 3.05) is 6.61 Å². The zero-order chi connectivity index (χ0) is 23.2. The van der Waals surface area contributed by atoms with Gasteiger partial charge in [0.1, 0.15) is 0 Å². The van der Waals surface area contributed by atoms with Crippen molar-refractivity contribution in [1.82, 2.24) is 10.3 Å². The van der Waals surface area contributed by atoms with Gasteiger partial charge in [-0.3, -0.25) is 9.59 Å². The van der Waals surface area contributed by atoms with E-state index >= 15 is 0 Å². The zero-order valence-electron chi connectivity index (χ0n) is 19.2. The van der Waals surface area contributed by atoms with Gasteiger partial charge in [0, 0.05) is 12.0 Å². The first-order valence-electron chi connectivity index (χ1n) is 11.6. The summed E-state index contributed by atoms with van der Waals surface area (Å²) in [5.41, 5.74) is 5.97. The molecule has 1 heterocycles. The molecule has 1 aliphatic carbocycles. The maximum absolute atomic E-state index is 12.3. The van der Waals surface area contributed by atoms with Crippen LogP contribution in [-0.4, -0.2) is 23.5 Å². The highest BCUT2D eigenvalue weighted by Gasteiger charge is 2.16. The highest BCUT2D eigenvalue weighted by atomic mass is 16.5. The largest absolute Gasteiger partial charge is 0.456 e. The number of ether oxygens (including phenoxy) is 1. The van der Waals surface area contributed by atoms with E-state index in [0.29, 0.717) is 18.1 Å². The molecule has 0 spiro atoms. The molecule has 0 radical (unpaired) electrons. The number of aryl methyl sites for hydroxylation is 4. The normalized spacial score (nSPS) is 13.8. The van der Waals surface area contributed by atoms with Crippen molar-refractivity contribution in [3.05, 3.63) is 76.8 Å². The molecule has 1 aliphatic rings. The molecule has 0 fully saturated rings. The number of rotatable bonds is 8. The zero-order valence-corrected chi connectivity index (χ0v) is 19.2. The van der Waals surface area contributed by atoms with Crippen molar-refractivity contribution >= 4 is 11.9 Å². The Morgan fingerprint density at radius 2 is 1.85 bits per heavy atom. The lowest BCUT2D eigenvalue weighted by Crippen LogP contribution is -2.31. The van der Waals surface area contributed by atoms with Crippen LogP contribution >= 0.6 is 0 Å². The Kier molecular flexibility index (Phi) is 7.23. The van der Waals surface area contributed by atoms with Gasteiger partial charge in [-0.2, -0.15) is 0 Å². The van der Waals surface area contributed by atoms with Crippen molar-refractivity contribution in [2.24, 2.45) is 0 Å². The smallest absolute Gasteiger partial charge is 0.306 e. The predicted octanol–water partition coefficient (Wildman–Crippen LogP) is 4.88. The van der Waals surface area contributed by atoms with Gasteiger partial charge >= 0.3 is 5.97 Å². The third-order valence-corrected chi connectivity index (χ3v) is 6.05. The molecular weight excluding hydrogens is 416 g/mol.